The lowest BCUT2D eigenvalue weighted by Gasteiger charge is -2.02. The molecular formula is C9H11N3S. The maximum atomic E-state index is 5.73. The second-order valence-electron chi connectivity index (χ2n) is 3.16. The van der Waals surface area contributed by atoms with E-state index in [1.54, 1.807) is 0 Å². The fourth-order valence-electron chi connectivity index (χ4n) is 1.22. The average Bonchev–Trinajstić information content (AvgIpc) is 2.47. The van der Waals surface area contributed by atoms with Gasteiger partial charge in [-0.05, 0) is 31.4 Å². The molecular weight excluding hydrogens is 182 g/mol. The molecule has 2 heterocycles. The Morgan fingerprint density at radius 3 is 3.00 bits per heavy atom. The predicted molar refractivity (Wildman–Crippen MR) is 54.8 cm³/mol. The minimum Gasteiger partial charge on any atom is -0.323 e. The van der Waals surface area contributed by atoms with Crippen LogP contribution >= 0.6 is 11.5 Å². The van der Waals surface area contributed by atoms with Crippen molar-refractivity contribution in [1.82, 2.24) is 9.36 Å². The Labute approximate surface area is 80.8 Å². The van der Waals surface area contributed by atoms with Gasteiger partial charge in [-0.2, -0.15) is 4.37 Å². The van der Waals surface area contributed by atoms with Gasteiger partial charge >= 0.3 is 0 Å². The van der Waals surface area contributed by atoms with Crippen molar-refractivity contribution in [2.45, 2.75) is 19.9 Å². The Kier molecular flexibility index (Phi) is 2.01. The molecule has 0 saturated carbocycles. The van der Waals surface area contributed by atoms with Gasteiger partial charge < -0.3 is 5.73 Å². The van der Waals surface area contributed by atoms with Crippen molar-refractivity contribution in [3.63, 3.8) is 0 Å². The highest BCUT2D eigenvalue weighted by Crippen LogP contribution is 2.23. The number of rotatable bonds is 1. The highest BCUT2D eigenvalue weighted by atomic mass is 32.1. The van der Waals surface area contributed by atoms with Crippen LogP contribution in [0.1, 0.15) is 24.4 Å². The van der Waals surface area contributed by atoms with Crippen LogP contribution in [0.5, 0.6) is 0 Å². The van der Waals surface area contributed by atoms with Crippen molar-refractivity contribution in [2.24, 2.45) is 5.73 Å². The Balaban J connectivity index is 2.63. The first-order valence-electron chi connectivity index (χ1n) is 4.16. The molecule has 0 amide bonds. The summed E-state index contributed by atoms with van der Waals surface area (Å²) in [5.74, 6) is 0. The molecule has 0 saturated heterocycles. The van der Waals surface area contributed by atoms with Crippen LogP contribution in [-0.4, -0.2) is 9.36 Å². The third-order valence-electron chi connectivity index (χ3n) is 2.02. The van der Waals surface area contributed by atoms with Crippen LogP contribution in [0.15, 0.2) is 12.3 Å². The second kappa shape index (κ2) is 3.05. The van der Waals surface area contributed by atoms with Gasteiger partial charge in [-0.1, -0.05) is 0 Å². The Morgan fingerprint density at radius 2 is 2.31 bits per heavy atom. The number of hydrogen-bond donors (Lipinski definition) is 1. The zero-order valence-corrected chi connectivity index (χ0v) is 8.43. The van der Waals surface area contributed by atoms with Crippen LogP contribution in [0, 0.1) is 6.92 Å². The summed E-state index contributed by atoms with van der Waals surface area (Å²) in [6, 6.07) is 2.01. The van der Waals surface area contributed by atoms with E-state index in [9.17, 15) is 0 Å². The van der Waals surface area contributed by atoms with Crippen molar-refractivity contribution >= 4 is 21.6 Å². The van der Waals surface area contributed by atoms with E-state index in [0.717, 1.165) is 16.8 Å². The van der Waals surface area contributed by atoms with Gasteiger partial charge in [-0.15, -0.1) is 0 Å². The molecule has 0 radical (unpaired) electrons. The number of hydrogen-bond acceptors (Lipinski definition) is 4. The van der Waals surface area contributed by atoms with Crippen LogP contribution in [0.2, 0.25) is 0 Å². The summed E-state index contributed by atoms with van der Waals surface area (Å²) in [6.45, 7) is 3.92. The number of aromatic nitrogens is 2. The van der Waals surface area contributed by atoms with Crippen molar-refractivity contribution in [1.29, 1.82) is 0 Å². The van der Waals surface area contributed by atoms with E-state index in [0.29, 0.717) is 0 Å². The molecule has 2 aromatic rings. The number of fused-ring (bicyclic) bond motifs is 1. The molecule has 1 unspecified atom stereocenters. The predicted octanol–water partition coefficient (Wildman–Crippen LogP) is 2.02. The summed E-state index contributed by atoms with van der Waals surface area (Å²) in [4.78, 5) is 4.28. The zero-order valence-electron chi connectivity index (χ0n) is 7.61. The molecule has 68 valence electrons. The van der Waals surface area contributed by atoms with Crippen molar-refractivity contribution < 1.29 is 0 Å². The van der Waals surface area contributed by atoms with Gasteiger partial charge in [0.05, 0.1) is 16.1 Å². The molecule has 3 nitrogen and oxygen atoms in total. The standard InChI is InChI=1S/C9H11N3S/c1-5(10)8-3-9-7(4-11-8)6(2)12-13-9/h3-5H,10H2,1-2H3. The summed E-state index contributed by atoms with van der Waals surface area (Å²) in [6.07, 6.45) is 1.85. The maximum absolute atomic E-state index is 5.73. The molecule has 2 N–H and O–H groups in total. The van der Waals surface area contributed by atoms with E-state index in [1.165, 1.54) is 16.2 Å². The minimum atomic E-state index is -0.00759. The van der Waals surface area contributed by atoms with Gasteiger partial charge in [-0.3, -0.25) is 4.98 Å². The van der Waals surface area contributed by atoms with Gasteiger partial charge in [0.2, 0.25) is 0 Å². The molecule has 0 aliphatic rings. The first-order valence-corrected chi connectivity index (χ1v) is 4.93. The average molecular weight is 193 g/mol. The third kappa shape index (κ3) is 1.43. The van der Waals surface area contributed by atoms with Crippen LogP contribution in [0.3, 0.4) is 0 Å². The van der Waals surface area contributed by atoms with E-state index < -0.39 is 0 Å². The summed E-state index contributed by atoms with van der Waals surface area (Å²) >= 11 is 1.50. The molecule has 0 aliphatic carbocycles. The van der Waals surface area contributed by atoms with Gasteiger partial charge in [0, 0.05) is 17.6 Å². The van der Waals surface area contributed by atoms with Gasteiger partial charge in [0.25, 0.3) is 0 Å². The van der Waals surface area contributed by atoms with E-state index >= 15 is 0 Å². The molecule has 0 bridgehead atoms. The lowest BCUT2D eigenvalue weighted by molar-refractivity contribution is 0.784. The number of pyridine rings is 1. The number of nitrogens with two attached hydrogens (primary N) is 1. The van der Waals surface area contributed by atoms with Crippen molar-refractivity contribution in [3.05, 3.63) is 23.7 Å². The van der Waals surface area contributed by atoms with Crippen LogP contribution < -0.4 is 5.73 Å². The highest BCUT2D eigenvalue weighted by molar-refractivity contribution is 7.13. The van der Waals surface area contributed by atoms with Crippen molar-refractivity contribution in [3.8, 4) is 0 Å². The molecule has 0 aliphatic heterocycles. The van der Waals surface area contributed by atoms with Gasteiger partial charge in [0.1, 0.15) is 0 Å². The molecule has 0 aromatic carbocycles. The van der Waals surface area contributed by atoms with Crippen molar-refractivity contribution in [2.75, 3.05) is 0 Å². The van der Waals surface area contributed by atoms with Gasteiger partial charge in [-0.25, -0.2) is 0 Å². The Morgan fingerprint density at radius 1 is 1.54 bits per heavy atom. The van der Waals surface area contributed by atoms with Crippen LogP contribution in [-0.2, 0) is 0 Å². The smallest absolute Gasteiger partial charge is 0.0605 e. The minimum absolute atomic E-state index is 0.00759. The molecule has 2 rings (SSSR count). The van der Waals surface area contributed by atoms with E-state index in [-0.39, 0.29) is 6.04 Å². The van der Waals surface area contributed by atoms with Gasteiger partial charge in [0.15, 0.2) is 0 Å². The van der Waals surface area contributed by atoms with E-state index in [2.05, 4.69) is 9.36 Å². The second-order valence-corrected chi connectivity index (χ2v) is 3.97. The third-order valence-corrected chi connectivity index (χ3v) is 2.92. The zero-order chi connectivity index (χ0) is 9.42. The number of nitrogens with zero attached hydrogens (tertiary/aromatic N) is 2. The molecule has 4 heteroatoms. The highest BCUT2D eigenvalue weighted by Gasteiger charge is 2.06. The van der Waals surface area contributed by atoms with E-state index in [1.807, 2.05) is 26.1 Å². The monoisotopic (exact) mass is 193 g/mol. The normalized spacial score (nSPS) is 13.5. The Hall–Kier alpha value is -1.00. The largest absolute Gasteiger partial charge is 0.323 e. The quantitative estimate of drug-likeness (QED) is 0.753. The fraction of sp³-hybridized carbons (Fsp3) is 0.333. The topological polar surface area (TPSA) is 51.8 Å². The fourth-order valence-corrected chi connectivity index (χ4v) is 2.02. The molecule has 2 aromatic heterocycles. The SMILES string of the molecule is Cc1nsc2cc(C(C)N)ncc12. The van der Waals surface area contributed by atoms with Crippen LogP contribution in [0.4, 0.5) is 0 Å². The van der Waals surface area contributed by atoms with E-state index in [4.69, 9.17) is 5.73 Å². The summed E-state index contributed by atoms with van der Waals surface area (Å²) in [5.41, 5.74) is 7.71. The lowest BCUT2D eigenvalue weighted by atomic mass is 10.2. The maximum Gasteiger partial charge on any atom is 0.0605 e. The first kappa shape index (κ1) is 8.59. The first-order chi connectivity index (χ1) is 6.18. The molecule has 0 fully saturated rings. The lowest BCUT2D eigenvalue weighted by Crippen LogP contribution is -2.06. The summed E-state index contributed by atoms with van der Waals surface area (Å²) in [7, 11) is 0. The molecule has 13 heavy (non-hydrogen) atoms. The summed E-state index contributed by atoms with van der Waals surface area (Å²) in [5, 5.41) is 1.13. The molecule has 0 spiro atoms. The summed E-state index contributed by atoms with van der Waals surface area (Å²) < 4.78 is 5.42. The molecule has 1 atom stereocenters. The Bertz CT molecular complexity index is 433. The van der Waals surface area contributed by atoms with Crippen LogP contribution in [0.25, 0.3) is 10.1 Å². The number of aryl methyl sites for hydroxylation is 1.